The van der Waals surface area contributed by atoms with Crippen molar-refractivity contribution in [2.45, 2.75) is 6.61 Å². The lowest BCUT2D eigenvalue weighted by Gasteiger charge is -2.09. The van der Waals surface area contributed by atoms with Crippen LogP contribution in [0.25, 0.3) is 0 Å². The van der Waals surface area contributed by atoms with Crippen LogP contribution in [0.5, 0.6) is 5.75 Å². The highest BCUT2D eigenvalue weighted by Crippen LogP contribution is 2.26. The molecule has 0 aromatic heterocycles. The fraction of sp³-hybridized carbons (Fsp3) is 0.300. The Bertz CT molecular complexity index is 336. The average molecular weight is 259 g/mol. The van der Waals surface area contributed by atoms with Crippen molar-refractivity contribution in [2.24, 2.45) is 0 Å². The van der Waals surface area contributed by atoms with Gasteiger partial charge in [-0.05, 0) is 17.7 Å². The van der Waals surface area contributed by atoms with Gasteiger partial charge in [0.2, 0.25) is 0 Å². The van der Waals surface area contributed by atoms with E-state index in [0.717, 1.165) is 16.3 Å². The summed E-state index contributed by atoms with van der Waals surface area (Å²) in [6, 6.07) is 3.60. The monoisotopic (exact) mass is 258 g/mol. The fourth-order valence-electron chi connectivity index (χ4n) is 1.22. The summed E-state index contributed by atoms with van der Waals surface area (Å²) in [5.74, 6) is 0.557. The van der Waals surface area contributed by atoms with Gasteiger partial charge < -0.3 is 9.47 Å². The molecule has 1 aromatic carbocycles. The average Bonchev–Trinajstić information content (AvgIpc) is 2.17. The molecule has 0 N–H and O–H groups in total. The molecule has 0 bridgehead atoms. The third-order valence-electron chi connectivity index (χ3n) is 1.83. The fourth-order valence-corrected chi connectivity index (χ4v) is 1.71. The summed E-state index contributed by atoms with van der Waals surface area (Å²) in [6.45, 7) is 0.393. The molecule has 0 saturated carbocycles. The van der Waals surface area contributed by atoms with Gasteiger partial charge in [0.1, 0.15) is 5.75 Å². The topological polar surface area (TPSA) is 35.5 Å². The van der Waals surface area contributed by atoms with E-state index in [1.54, 1.807) is 13.2 Å². The first-order valence-electron chi connectivity index (χ1n) is 4.03. The molecule has 3 nitrogen and oxygen atoms in total. The SMILES string of the molecule is COCc1cc(Br)cc(OC)c1C=O. The Morgan fingerprint density at radius 1 is 1.43 bits per heavy atom. The first-order chi connectivity index (χ1) is 6.72. The second-order valence-electron chi connectivity index (χ2n) is 2.73. The van der Waals surface area contributed by atoms with Gasteiger partial charge in [0.15, 0.2) is 6.29 Å². The van der Waals surface area contributed by atoms with Gasteiger partial charge in [-0.15, -0.1) is 0 Å². The lowest BCUT2D eigenvalue weighted by Crippen LogP contribution is -1.98. The van der Waals surface area contributed by atoms with E-state index in [4.69, 9.17) is 9.47 Å². The van der Waals surface area contributed by atoms with Crippen LogP contribution in [0.2, 0.25) is 0 Å². The number of carbonyl (C=O) groups excluding carboxylic acids is 1. The molecule has 0 aliphatic heterocycles. The van der Waals surface area contributed by atoms with Crippen molar-refractivity contribution in [3.05, 3.63) is 27.7 Å². The zero-order chi connectivity index (χ0) is 10.6. The highest BCUT2D eigenvalue weighted by molar-refractivity contribution is 9.10. The molecule has 76 valence electrons. The van der Waals surface area contributed by atoms with E-state index in [9.17, 15) is 4.79 Å². The van der Waals surface area contributed by atoms with Gasteiger partial charge in [0.05, 0.1) is 19.3 Å². The molecule has 0 heterocycles. The summed E-state index contributed by atoms with van der Waals surface area (Å²) < 4.78 is 10.9. The van der Waals surface area contributed by atoms with Gasteiger partial charge in [-0.1, -0.05) is 15.9 Å². The van der Waals surface area contributed by atoms with E-state index >= 15 is 0 Å². The Morgan fingerprint density at radius 2 is 2.14 bits per heavy atom. The van der Waals surface area contributed by atoms with E-state index in [1.165, 1.54) is 7.11 Å². The van der Waals surface area contributed by atoms with E-state index in [2.05, 4.69) is 15.9 Å². The van der Waals surface area contributed by atoms with Crippen molar-refractivity contribution in [1.82, 2.24) is 0 Å². The maximum Gasteiger partial charge on any atom is 0.154 e. The Hall–Kier alpha value is -0.870. The lowest BCUT2D eigenvalue weighted by atomic mass is 10.1. The maximum atomic E-state index is 10.8. The van der Waals surface area contributed by atoms with Crippen molar-refractivity contribution in [3.8, 4) is 5.75 Å². The van der Waals surface area contributed by atoms with Crippen molar-refractivity contribution in [2.75, 3.05) is 14.2 Å². The van der Waals surface area contributed by atoms with Crippen molar-refractivity contribution in [1.29, 1.82) is 0 Å². The standard InChI is InChI=1S/C10H11BrO3/c1-13-6-7-3-8(11)4-10(14-2)9(7)5-12/h3-5H,6H2,1-2H3. The Kier molecular flexibility index (Phi) is 4.10. The van der Waals surface area contributed by atoms with Gasteiger partial charge in [-0.25, -0.2) is 0 Å². The molecular weight excluding hydrogens is 248 g/mol. The van der Waals surface area contributed by atoms with Crippen molar-refractivity contribution < 1.29 is 14.3 Å². The van der Waals surface area contributed by atoms with Crippen molar-refractivity contribution in [3.63, 3.8) is 0 Å². The minimum absolute atomic E-state index is 0.393. The second-order valence-corrected chi connectivity index (χ2v) is 3.65. The molecule has 14 heavy (non-hydrogen) atoms. The van der Waals surface area contributed by atoms with Crippen LogP contribution in [0.4, 0.5) is 0 Å². The van der Waals surface area contributed by atoms with Gasteiger partial charge in [0, 0.05) is 11.6 Å². The van der Waals surface area contributed by atoms with Gasteiger partial charge in [-0.2, -0.15) is 0 Å². The van der Waals surface area contributed by atoms with Crippen LogP contribution in [0.3, 0.4) is 0 Å². The van der Waals surface area contributed by atoms with Crippen LogP contribution in [0.1, 0.15) is 15.9 Å². The number of rotatable bonds is 4. The normalized spacial score (nSPS) is 9.93. The van der Waals surface area contributed by atoms with E-state index in [0.29, 0.717) is 17.9 Å². The second kappa shape index (κ2) is 5.12. The Morgan fingerprint density at radius 3 is 2.64 bits per heavy atom. The van der Waals surface area contributed by atoms with E-state index in [-0.39, 0.29) is 0 Å². The van der Waals surface area contributed by atoms with E-state index < -0.39 is 0 Å². The summed E-state index contributed by atoms with van der Waals surface area (Å²) in [4.78, 5) is 10.8. The smallest absolute Gasteiger partial charge is 0.154 e. The predicted molar refractivity (Wildman–Crippen MR) is 56.8 cm³/mol. The number of carbonyl (C=O) groups is 1. The lowest BCUT2D eigenvalue weighted by molar-refractivity contribution is 0.111. The van der Waals surface area contributed by atoms with Gasteiger partial charge in [0.25, 0.3) is 0 Å². The minimum atomic E-state index is 0.393. The molecule has 1 aromatic rings. The highest BCUT2D eigenvalue weighted by Gasteiger charge is 2.09. The molecular formula is C10H11BrO3. The number of halogens is 1. The molecule has 0 fully saturated rings. The van der Waals surface area contributed by atoms with Gasteiger partial charge in [-0.3, -0.25) is 4.79 Å². The number of benzene rings is 1. The molecule has 0 spiro atoms. The largest absolute Gasteiger partial charge is 0.496 e. The predicted octanol–water partition coefficient (Wildman–Crippen LogP) is 2.42. The minimum Gasteiger partial charge on any atom is -0.496 e. The molecule has 0 radical (unpaired) electrons. The Labute approximate surface area is 91.1 Å². The quantitative estimate of drug-likeness (QED) is 0.779. The summed E-state index contributed by atoms with van der Waals surface area (Å²) in [6.07, 6.45) is 0.777. The van der Waals surface area contributed by atoms with Crippen LogP contribution in [0, 0.1) is 0 Å². The highest BCUT2D eigenvalue weighted by atomic mass is 79.9. The first kappa shape index (κ1) is 11.2. The number of aldehydes is 1. The first-order valence-corrected chi connectivity index (χ1v) is 4.82. The molecule has 1 rings (SSSR count). The summed E-state index contributed by atoms with van der Waals surface area (Å²) in [5, 5.41) is 0. The molecule has 0 aliphatic rings. The van der Waals surface area contributed by atoms with Crippen LogP contribution >= 0.6 is 15.9 Å². The molecule has 0 atom stereocenters. The van der Waals surface area contributed by atoms with E-state index in [1.807, 2.05) is 6.07 Å². The third kappa shape index (κ3) is 2.33. The third-order valence-corrected chi connectivity index (χ3v) is 2.29. The molecule has 0 aliphatic carbocycles. The number of methoxy groups -OCH3 is 2. The zero-order valence-corrected chi connectivity index (χ0v) is 9.63. The molecule has 0 amide bonds. The van der Waals surface area contributed by atoms with Crippen LogP contribution in [-0.4, -0.2) is 20.5 Å². The maximum absolute atomic E-state index is 10.8. The summed E-state index contributed by atoms with van der Waals surface area (Å²) >= 11 is 3.34. The summed E-state index contributed by atoms with van der Waals surface area (Å²) in [7, 11) is 3.12. The van der Waals surface area contributed by atoms with Crippen LogP contribution in [-0.2, 0) is 11.3 Å². The number of hydrogen-bond donors (Lipinski definition) is 0. The zero-order valence-electron chi connectivity index (χ0n) is 8.04. The van der Waals surface area contributed by atoms with Gasteiger partial charge >= 0.3 is 0 Å². The number of hydrogen-bond acceptors (Lipinski definition) is 3. The van der Waals surface area contributed by atoms with Crippen molar-refractivity contribution >= 4 is 22.2 Å². The molecule has 4 heteroatoms. The summed E-state index contributed by atoms with van der Waals surface area (Å²) in [5.41, 5.74) is 1.35. The molecule has 0 saturated heterocycles. The Balaban J connectivity index is 3.24. The van der Waals surface area contributed by atoms with Crippen LogP contribution in [0.15, 0.2) is 16.6 Å². The molecule has 0 unspecified atom stereocenters. The van der Waals surface area contributed by atoms with Crippen LogP contribution < -0.4 is 4.74 Å². The number of ether oxygens (including phenoxy) is 2.